The zero-order chi connectivity index (χ0) is 23.0. The monoisotopic (exact) mass is 461 g/mol. The van der Waals surface area contributed by atoms with E-state index in [0.717, 1.165) is 11.1 Å². The first-order valence-corrected chi connectivity index (χ1v) is 10.6. The Morgan fingerprint density at radius 1 is 0.939 bits per heavy atom. The first-order chi connectivity index (χ1) is 16.1. The van der Waals surface area contributed by atoms with Crippen molar-refractivity contribution in [2.75, 3.05) is 0 Å². The highest BCUT2D eigenvalue weighted by molar-refractivity contribution is 6.30. The van der Waals surface area contributed by atoms with Crippen molar-refractivity contribution in [3.8, 4) is 11.4 Å². The molecule has 0 bridgehead atoms. The summed E-state index contributed by atoms with van der Waals surface area (Å²) in [5, 5.41) is 7.26. The normalized spacial score (nSPS) is 11.5. The molecule has 0 aliphatic carbocycles. The Hall–Kier alpha value is -3.97. The second-order valence-corrected chi connectivity index (χ2v) is 7.64. The van der Waals surface area contributed by atoms with Crippen LogP contribution in [0.4, 0.5) is 0 Å². The lowest BCUT2D eigenvalue weighted by Crippen LogP contribution is -2.43. The van der Waals surface area contributed by atoms with Crippen LogP contribution >= 0.6 is 11.6 Å². The van der Waals surface area contributed by atoms with Crippen LogP contribution in [-0.4, -0.2) is 28.1 Å². The van der Waals surface area contributed by atoms with Gasteiger partial charge < -0.3 is 14.6 Å². The van der Waals surface area contributed by atoms with E-state index in [9.17, 15) is 9.59 Å². The molecule has 1 heterocycles. The van der Waals surface area contributed by atoms with Gasteiger partial charge in [0.05, 0.1) is 0 Å². The largest absolute Gasteiger partial charge is 0.454 e. The maximum Gasteiger partial charge on any atom is 0.329 e. The van der Waals surface area contributed by atoms with Crippen LogP contribution in [0.5, 0.6) is 0 Å². The minimum atomic E-state index is -0.890. The molecular formula is C25H20ClN3O4. The van der Waals surface area contributed by atoms with Crippen molar-refractivity contribution in [1.82, 2.24) is 15.5 Å². The van der Waals surface area contributed by atoms with Crippen LogP contribution < -0.4 is 5.32 Å². The van der Waals surface area contributed by atoms with Crippen molar-refractivity contribution in [3.05, 3.63) is 107 Å². The van der Waals surface area contributed by atoms with E-state index in [0.29, 0.717) is 16.4 Å². The van der Waals surface area contributed by atoms with E-state index in [-0.39, 0.29) is 24.8 Å². The highest BCUT2D eigenvalue weighted by Gasteiger charge is 2.24. The Balaban J connectivity index is 1.43. The van der Waals surface area contributed by atoms with Crippen LogP contribution in [0.25, 0.3) is 11.4 Å². The van der Waals surface area contributed by atoms with Gasteiger partial charge in [0.2, 0.25) is 5.82 Å². The predicted molar refractivity (Wildman–Crippen MR) is 122 cm³/mol. The SMILES string of the molecule is O=C(NC(Cc1ccccc1)C(=O)OCc1nc(-c2ccc(Cl)cc2)no1)c1ccccc1. The third kappa shape index (κ3) is 6.05. The van der Waals surface area contributed by atoms with Crippen molar-refractivity contribution >= 4 is 23.5 Å². The molecule has 166 valence electrons. The number of nitrogens with zero attached hydrogens (tertiary/aromatic N) is 2. The summed E-state index contributed by atoms with van der Waals surface area (Å²) in [7, 11) is 0. The quantitative estimate of drug-likeness (QED) is 0.389. The van der Waals surface area contributed by atoms with Gasteiger partial charge in [0, 0.05) is 22.6 Å². The van der Waals surface area contributed by atoms with Gasteiger partial charge in [0.15, 0.2) is 6.61 Å². The fourth-order valence-electron chi connectivity index (χ4n) is 3.14. The number of rotatable bonds is 8. The molecule has 7 nitrogen and oxygen atoms in total. The fourth-order valence-corrected chi connectivity index (χ4v) is 3.26. The summed E-state index contributed by atoms with van der Waals surface area (Å²) in [6.45, 7) is -0.216. The summed E-state index contributed by atoms with van der Waals surface area (Å²) in [5.74, 6) is -0.470. The molecular weight excluding hydrogens is 442 g/mol. The Morgan fingerprint density at radius 3 is 2.30 bits per heavy atom. The second-order valence-electron chi connectivity index (χ2n) is 7.21. The summed E-state index contributed by atoms with van der Waals surface area (Å²) in [6.07, 6.45) is 0.276. The molecule has 33 heavy (non-hydrogen) atoms. The maximum atomic E-state index is 12.9. The Kier molecular flexibility index (Phi) is 7.12. The van der Waals surface area contributed by atoms with Crippen LogP contribution in [0, 0.1) is 0 Å². The first-order valence-electron chi connectivity index (χ1n) is 10.2. The van der Waals surface area contributed by atoms with Gasteiger partial charge in [-0.1, -0.05) is 65.3 Å². The van der Waals surface area contributed by atoms with Gasteiger partial charge in [-0.25, -0.2) is 4.79 Å². The standard InChI is InChI=1S/C25H20ClN3O4/c26-20-13-11-18(12-14-20)23-28-22(33-29-23)16-32-25(31)21(15-17-7-3-1-4-8-17)27-24(30)19-9-5-2-6-10-19/h1-14,21H,15-16H2,(H,27,30). The molecule has 8 heteroatoms. The molecule has 3 aromatic carbocycles. The highest BCUT2D eigenvalue weighted by Crippen LogP contribution is 2.19. The van der Waals surface area contributed by atoms with Gasteiger partial charge in [-0.2, -0.15) is 4.98 Å². The third-order valence-corrected chi connectivity index (χ3v) is 5.07. The zero-order valence-electron chi connectivity index (χ0n) is 17.5. The number of benzene rings is 3. The van der Waals surface area contributed by atoms with E-state index in [4.69, 9.17) is 20.9 Å². The predicted octanol–water partition coefficient (Wildman–Crippen LogP) is 4.47. The minimum Gasteiger partial charge on any atom is -0.454 e. The van der Waals surface area contributed by atoms with Crippen LogP contribution in [0.15, 0.2) is 89.5 Å². The van der Waals surface area contributed by atoms with Gasteiger partial charge >= 0.3 is 5.97 Å². The summed E-state index contributed by atoms with van der Waals surface area (Å²) in [6, 6.07) is 24.1. The number of esters is 1. The van der Waals surface area contributed by atoms with E-state index in [1.165, 1.54) is 0 Å². The van der Waals surface area contributed by atoms with E-state index in [2.05, 4.69) is 15.5 Å². The maximum absolute atomic E-state index is 12.9. The average Bonchev–Trinajstić information content (AvgIpc) is 3.33. The third-order valence-electron chi connectivity index (χ3n) is 4.82. The van der Waals surface area contributed by atoms with Crippen LogP contribution in [-0.2, 0) is 22.6 Å². The van der Waals surface area contributed by atoms with Crippen LogP contribution in [0.2, 0.25) is 5.02 Å². The summed E-state index contributed by atoms with van der Waals surface area (Å²) in [5.41, 5.74) is 2.06. The number of aromatic nitrogens is 2. The summed E-state index contributed by atoms with van der Waals surface area (Å²) >= 11 is 5.90. The molecule has 0 saturated heterocycles. The number of carbonyl (C=O) groups excluding carboxylic acids is 2. The number of hydrogen-bond donors (Lipinski definition) is 1. The molecule has 1 unspecified atom stereocenters. The molecule has 0 radical (unpaired) electrons. The molecule has 0 spiro atoms. The average molecular weight is 462 g/mol. The number of amides is 1. The van der Waals surface area contributed by atoms with Crippen molar-refractivity contribution in [1.29, 1.82) is 0 Å². The van der Waals surface area contributed by atoms with Gasteiger partial charge in [-0.15, -0.1) is 0 Å². The van der Waals surface area contributed by atoms with Gasteiger partial charge in [0.25, 0.3) is 11.8 Å². The van der Waals surface area contributed by atoms with Crippen LogP contribution in [0.3, 0.4) is 0 Å². The van der Waals surface area contributed by atoms with Gasteiger partial charge in [0.1, 0.15) is 6.04 Å². The molecule has 1 amide bonds. The van der Waals surface area contributed by atoms with Gasteiger partial charge in [-0.05, 0) is 42.0 Å². The summed E-state index contributed by atoms with van der Waals surface area (Å²) in [4.78, 5) is 29.7. The molecule has 1 atom stereocenters. The zero-order valence-corrected chi connectivity index (χ0v) is 18.2. The lowest BCUT2D eigenvalue weighted by Gasteiger charge is -2.17. The highest BCUT2D eigenvalue weighted by atomic mass is 35.5. The topological polar surface area (TPSA) is 94.3 Å². The van der Waals surface area contributed by atoms with Gasteiger partial charge in [-0.3, -0.25) is 4.79 Å². The summed E-state index contributed by atoms with van der Waals surface area (Å²) < 4.78 is 10.6. The molecule has 4 aromatic rings. The Labute approximate surface area is 195 Å². The van der Waals surface area contributed by atoms with E-state index in [1.807, 2.05) is 36.4 Å². The Morgan fingerprint density at radius 2 is 1.61 bits per heavy atom. The minimum absolute atomic E-state index is 0.140. The molecule has 0 fully saturated rings. The van der Waals surface area contributed by atoms with Crippen molar-refractivity contribution < 1.29 is 18.8 Å². The molecule has 0 aliphatic rings. The lowest BCUT2D eigenvalue weighted by atomic mass is 10.1. The molecule has 1 N–H and O–H groups in total. The van der Waals surface area contributed by atoms with Crippen molar-refractivity contribution in [2.45, 2.75) is 19.1 Å². The Bertz CT molecular complexity index is 1210. The van der Waals surface area contributed by atoms with E-state index >= 15 is 0 Å². The second kappa shape index (κ2) is 10.6. The number of halogens is 1. The van der Waals surface area contributed by atoms with E-state index < -0.39 is 12.0 Å². The molecule has 4 rings (SSSR count). The first kappa shape index (κ1) is 22.2. The van der Waals surface area contributed by atoms with Crippen molar-refractivity contribution in [2.24, 2.45) is 0 Å². The number of ether oxygens (including phenoxy) is 1. The van der Waals surface area contributed by atoms with Crippen LogP contribution in [0.1, 0.15) is 21.8 Å². The molecule has 0 saturated carbocycles. The number of carbonyl (C=O) groups is 2. The molecule has 1 aromatic heterocycles. The fraction of sp³-hybridized carbons (Fsp3) is 0.120. The number of hydrogen-bond acceptors (Lipinski definition) is 6. The number of nitrogens with one attached hydrogen (secondary N) is 1. The smallest absolute Gasteiger partial charge is 0.329 e. The van der Waals surface area contributed by atoms with Crippen molar-refractivity contribution in [3.63, 3.8) is 0 Å². The van der Waals surface area contributed by atoms with E-state index in [1.54, 1.807) is 48.5 Å². The lowest BCUT2D eigenvalue weighted by molar-refractivity contribution is -0.148. The molecule has 0 aliphatic heterocycles.